The first-order chi connectivity index (χ1) is 15.5. The molecule has 0 spiro atoms. The maximum absolute atomic E-state index is 13.4. The number of fused-ring (bicyclic) bond motifs is 3. The second-order valence-electron chi connectivity index (χ2n) is 9.45. The predicted octanol–water partition coefficient (Wildman–Crippen LogP) is 3.59. The number of hydrogen-bond acceptors (Lipinski definition) is 7. The highest BCUT2D eigenvalue weighted by atomic mass is 32.2. The summed E-state index contributed by atoms with van der Waals surface area (Å²) in [6, 6.07) is 8.68. The fraction of sp³-hybridized carbons (Fsp3) is 0.500. The number of Topliss-reactive ketones (excluding diaryl/α,β-unsaturated/α-hetero) is 1. The van der Waals surface area contributed by atoms with Crippen LogP contribution in [0.25, 0.3) is 10.8 Å². The molecule has 2 aliphatic rings. The first-order valence-electron chi connectivity index (χ1n) is 10.8. The van der Waals surface area contributed by atoms with Crippen molar-refractivity contribution in [1.82, 2.24) is 5.06 Å². The van der Waals surface area contributed by atoms with E-state index >= 15 is 0 Å². The van der Waals surface area contributed by atoms with Gasteiger partial charge in [0.15, 0.2) is 0 Å². The van der Waals surface area contributed by atoms with Gasteiger partial charge in [0.1, 0.15) is 17.3 Å². The average Bonchev–Trinajstić information content (AvgIpc) is 3.11. The van der Waals surface area contributed by atoms with Gasteiger partial charge in [-0.3, -0.25) is 9.59 Å². The zero-order valence-electron chi connectivity index (χ0n) is 19.5. The van der Waals surface area contributed by atoms with E-state index in [0.717, 1.165) is 6.42 Å². The molecular formula is C24H29NO7S. The molecule has 2 bridgehead atoms. The highest BCUT2D eigenvalue weighted by Gasteiger charge is 2.65. The molecular weight excluding hydrogens is 446 g/mol. The van der Waals surface area contributed by atoms with Crippen LogP contribution < -0.4 is 9.47 Å². The number of amides is 1. The van der Waals surface area contributed by atoms with Crippen LogP contribution in [0.15, 0.2) is 30.3 Å². The van der Waals surface area contributed by atoms with Crippen molar-refractivity contribution in [3.63, 3.8) is 0 Å². The molecule has 0 N–H and O–H groups in total. The summed E-state index contributed by atoms with van der Waals surface area (Å²) in [5.41, 5.74) is -1.26. The molecule has 4 rings (SSSR count). The first kappa shape index (κ1) is 23.5. The van der Waals surface area contributed by atoms with Gasteiger partial charge >= 0.3 is 0 Å². The lowest BCUT2D eigenvalue weighted by Gasteiger charge is -2.36. The summed E-state index contributed by atoms with van der Waals surface area (Å²) in [5.74, 6) is -0.240. The molecule has 2 unspecified atom stereocenters. The lowest BCUT2D eigenvalue weighted by molar-refractivity contribution is -0.128. The summed E-state index contributed by atoms with van der Waals surface area (Å²) in [4.78, 5) is 26.1. The largest absolute Gasteiger partial charge is 0.496 e. The van der Waals surface area contributed by atoms with Gasteiger partial charge in [-0.25, -0.2) is 5.06 Å². The van der Waals surface area contributed by atoms with E-state index in [1.54, 1.807) is 24.3 Å². The predicted molar refractivity (Wildman–Crippen MR) is 123 cm³/mol. The Morgan fingerprint density at radius 2 is 1.76 bits per heavy atom. The standard InChI is InChI=1S/C24H29NO7S/c1-23(2)15-10-11-24(23,20(26)12-15)14-33(28,29)32-25(3)22(27)21-17-9-7-6-8-16(17)18(30-4)13-19(21)31-5/h6-9,13,15H,10-12,14H2,1-5H3. The second kappa shape index (κ2) is 7.99. The molecule has 8 nitrogen and oxygen atoms in total. The van der Waals surface area contributed by atoms with Crippen LogP contribution in [0.1, 0.15) is 43.5 Å². The van der Waals surface area contributed by atoms with E-state index in [1.807, 2.05) is 19.9 Å². The Labute approximate surface area is 193 Å². The van der Waals surface area contributed by atoms with Crippen LogP contribution in [-0.2, 0) is 19.2 Å². The quantitative estimate of drug-likeness (QED) is 0.564. The minimum absolute atomic E-state index is 0.0345. The molecule has 178 valence electrons. The molecule has 2 aromatic rings. The van der Waals surface area contributed by atoms with Gasteiger partial charge in [-0.2, -0.15) is 8.42 Å². The van der Waals surface area contributed by atoms with Gasteiger partial charge in [-0.15, -0.1) is 4.28 Å². The summed E-state index contributed by atoms with van der Waals surface area (Å²) < 4.78 is 42.1. The van der Waals surface area contributed by atoms with Gasteiger partial charge in [-0.1, -0.05) is 38.1 Å². The number of ketones is 1. The molecule has 2 atom stereocenters. The molecule has 0 aromatic heterocycles. The van der Waals surface area contributed by atoms with E-state index in [-0.39, 0.29) is 23.0 Å². The van der Waals surface area contributed by atoms with Crippen LogP contribution in [0, 0.1) is 16.7 Å². The molecule has 0 saturated heterocycles. The molecule has 0 heterocycles. The van der Waals surface area contributed by atoms with Crippen LogP contribution in [-0.4, -0.2) is 52.2 Å². The fourth-order valence-electron chi connectivity index (χ4n) is 5.67. The molecule has 2 saturated carbocycles. The van der Waals surface area contributed by atoms with E-state index in [9.17, 15) is 18.0 Å². The van der Waals surface area contributed by atoms with Gasteiger partial charge < -0.3 is 9.47 Å². The number of methoxy groups -OCH3 is 2. The lowest BCUT2D eigenvalue weighted by Crippen LogP contribution is -2.44. The SMILES string of the molecule is COc1cc(OC)c2ccccc2c1C(=O)N(C)OS(=O)(=O)CC12CCC(CC1=O)C2(C)C. The minimum Gasteiger partial charge on any atom is -0.496 e. The summed E-state index contributed by atoms with van der Waals surface area (Å²) in [5, 5.41) is 1.91. The maximum atomic E-state index is 13.4. The summed E-state index contributed by atoms with van der Waals surface area (Å²) in [7, 11) is -0.0517. The summed E-state index contributed by atoms with van der Waals surface area (Å²) in [6.45, 7) is 3.91. The second-order valence-corrected chi connectivity index (χ2v) is 11.0. The van der Waals surface area contributed by atoms with Crippen molar-refractivity contribution in [3.8, 4) is 11.5 Å². The normalized spacial score (nSPS) is 23.7. The minimum atomic E-state index is -4.23. The Morgan fingerprint density at radius 3 is 2.30 bits per heavy atom. The van der Waals surface area contributed by atoms with Gasteiger partial charge in [0.2, 0.25) is 0 Å². The van der Waals surface area contributed by atoms with Crippen molar-refractivity contribution in [1.29, 1.82) is 0 Å². The first-order valence-corrected chi connectivity index (χ1v) is 12.4. The number of carbonyl (C=O) groups is 2. The van der Waals surface area contributed by atoms with Crippen LogP contribution in [0.4, 0.5) is 0 Å². The Kier molecular flexibility index (Phi) is 5.69. The fourth-order valence-corrected chi connectivity index (χ4v) is 7.41. The summed E-state index contributed by atoms with van der Waals surface area (Å²) >= 11 is 0. The molecule has 0 radical (unpaired) electrons. The van der Waals surface area contributed by atoms with E-state index < -0.39 is 32.6 Å². The Morgan fingerprint density at radius 1 is 1.12 bits per heavy atom. The maximum Gasteiger partial charge on any atom is 0.289 e. The van der Waals surface area contributed by atoms with Gasteiger partial charge in [0.25, 0.3) is 16.0 Å². The number of hydrogen-bond donors (Lipinski definition) is 0. The molecule has 2 aliphatic carbocycles. The van der Waals surface area contributed by atoms with Gasteiger partial charge in [0, 0.05) is 30.3 Å². The van der Waals surface area contributed by atoms with E-state index in [0.29, 0.717) is 34.4 Å². The van der Waals surface area contributed by atoms with Crippen LogP contribution in [0.3, 0.4) is 0 Å². The Balaban J connectivity index is 1.65. The van der Waals surface area contributed by atoms with Crippen LogP contribution in [0.5, 0.6) is 11.5 Å². The molecule has 33 heavy (non-hydrogen) atoms. The smallest absolute Gasteiger partial charge is 0.289 e. The van der Waals surface area contributed by atoms with Gasteiger partial charge in [0.05, 0.1) is 31.0 Å². The number of benzene rings is 2. The average molecular weight is 476 g/mol. The highest BCUT2D eigenvalue weighted by molar-refractivity contribution is 7.86. The van der Waals surface area contributed by atoms with Crippen molar-refractivity contribution in [3.05, 3.63) is 35.9 Å². The number of rotatable bonds is 7. The van der Waals surface area contributed by atoms with E-state index in [1.165, 1.54) is 21.3 Å². The molecule has 1 amide bonds. The number of nitrogens with zero attached hydrogens (tertiary/aromatic N) is 1. The monoisotopic (exact) mass is 475 g/mol. The Bertz CT molecular complexity index is 1240. The third-order valence-electron chi connectivity index (χ3n) is 7.70. The zero-order valence-corrected chi connectivity index (χ0v) is 20.3. The van der Waals surface area contributed by atoms with E-state index in [4.69, 9.17) is 13.8 Å². The highest BCUT2D eigenvalue weighted by Crippen LogP contribution is 2.64. The van der Waals surface area contributed by atoms with Crippen molar-refractivity contribution >= 4 is 32.6 Å². The molecule has 2 aromatic carbocycles. The molecule has 2 fully saturated rings. The van der Waals surface area contributed by atoms with Crippen molar-refractivity contribution in [2.24, 2.45) is 16.7 Å². The zero-order chi connectivity index (χ0) is 24.2. The van der Waals surface area contributed by atoms with E-state index in [2.05, 4.69) is 0 Å². The van der Waals surface area contributed by atoms with Crippen LogP contribution in [0.2, 0.25) is 0 Å². The van der Waals surface area contributed by atoms with Crippen molar-refractivity contribution in [2.45, 2.75) is 33.1 Å². The van der Waals surface area contributed by atoms with Crippen molar-refractivity contribution in [2.75, 3.05) is 27.0 Å². The van der Waals surface area contributed by atoms with Gasteiger partial charge in [-0.05, 0) is 24.2 Å². The number of carbonyl (C=O) groups excluding carboxylic acids is 2. The third kappa shape index (κ3) is 3.58. The number of ether oxygens (including phenoxy) is 2. The third-order valence-corrected chi connectivity index (χ3v) is 8.99. The van der Waals surface area contributed by atoms with Crippen LogP contribution >= 0.6 is 0 Å². The van der Waals surface area contributed by atoms with Crippen molar-refractivity contribution < 1.29 is 31.8 Å². The lowest BCUT2D eigenvalue weighted by atomic mass is 9.70. The Hall–Kier alpha value is -2.65. The molecule has 0 aliphatic heterocycles. The topological polar surface area (TPSA) is 99.2 Å². The number of hydroxylamine groups is 2. The summed E-state index contributed by atoms with van der Waals surface area (Å²) in [6.07, 6.45) is 1.73. The molecule has 9 heteroatoms.